The van der Waals surface area contributed by atoms with Crippen LogP contribution in [0.1, 0.15) is 83.2 Å². The molecule has 7 rings (SSSR count). The summed E-state index contributed by atoms with van der Waals surface area (Å²) < 4.78 is 62.5. The third kappa shape index (κ3) is 8.14. The average molecular weight is 685 g/mol. The van der Waals surface area contributed by atoms with Gasteiger partial charge in [0, 0.05) is 18.1 Å². The van der Waals surface area contributed by atoms with Gasteiger partial charge in [-0.1, -0.05) is 19.1 Å². The Labute approximate surface area is 289 Å². The number of fused-ring (bicyclic) bond motifs is 3. The summed E-state index contributed by atoms with van der Waals surface area (Å²) in [5.41, 5.74) is 3.28. The lowest BCUT2D eigenvalue weighted by molar-refractivity contribution is 0.0719. The number of epoxide rings is 2. The summed E-state index contributed by atoms with van der Waals surface area (Å²) in [4.78, 5) is 25.8. The first-order valence-corrected chi connectivity index (χ1v) is 17.1. The van der Waals surface area contributed by atoms with Crippen molar-refractivity contribution in [2.75, 3.05) is 26.4 Å². The molecule has 1 aliphatic carbocycles. The van der Waals surface area contributed by atoms with E-state index in [0.717, 1.165) is 74.0 Å². The zero-order valence-corrected chi connectivity index (χ0v) is 27.8. The van der Waals surface area contributed by atoms with Crippen molar-refractivity contribution in [3.8, 4) is 34.1 Å². The van der Waals surface area contributed by atoms with Gasteiger partial charge in [-0.3, -0.25) is 0 Å². The monoisotopic (exact) mass is 684 g/mol. The third-order valence-corrected chi connectivity index (χ3v) is 9.19. The molecular formula is C40H38F2O8. The quantitative estimate of drug-likeness (QED) is 0.0502. The topological polar surface area (TPSA) is 96.1 Å². The van der Waals surface area contributed by atoms with Crippen molar-refractivity contribution in [3.63, 3.8) is 0 Å². The van der Waals surface area contributed by atoms with Gasteiger partial charge in [-0.05, 0) is 109 Å². The van der Waals surface area contributed by atoms with Gasteiger partial charge in [-0.15, -0.1) is 0 Å². The van der Waals surface area contributed by atoms with Gasteiger partial charge in [0.05, 0.1) is 49.8 Å². The zero-order valence-electron chi connectivity index (χ0n) is 27.8. The highest BCUT2D eigenvalue weighted by Crippen LogP contribution is 2.47. The van der Waals surface area contributed by atoms with Gasteiger partial charge in [0.15, 0.2) is 0 Å². The van der Waals surface area contributed by atoms with Crippen molar-refractivity contribution >= 4 is 11.9 Å². The van der Waals surface area contributed by atoms with Crippen molar-refractivity contribution in [1.82, 2.24) is 0 Å². The highest BCUT2D eigenvalue weighted by Gasteiger charge is 2.28. The van der Waals surface area contributed by atoms with Gasteiger partial charge in [0.2, 0.25) is 0 Å². The van der Waals surface area contributed by atoms with E-state index in [2.05, 4.69) is 0 Å². The smallest absolute Gasteiger partial charge is 0.346 e. The maximum absolute atomic E-state index is 14.9. The van der Waals surface area contributed by atoms with E-state index in [1.54, 1.807) is 36.4 Å². The summed E-state index contributed by atoms with van der Waals surface area (Å²) in [6, 6.07) is 18.7. The summed E-state index contributed by atoms with van der Waals surface area (Å²) >= 11 is 0. The number of benzene rings is 4. The second-order valence-corrected chi connectivity index (χ2v) is 12.9. The molecule has 2 saturated heterocycles. The van der Waals surface area contributed by atoms with Crippen LogP contribution < -0.4 is 18.9 Å². The predicted octanol–water partition coefficient (Wildman–Crippen LogP) is 8.43. The molecule has 4 aromatic carbocycles. The Balaban J connectivity index is 0.939. The Morgan fingerprint density at radius 2 is 1.04 bits per heavy atom. The normalized spacial score (nSPS) is 18.2. The van der Waals surface area contributed by atoms with Crippen molar-refractivity contribution in [2.45, 2.75) is 63.6 Å². The Morgan fingerprint density at radius 3 is 1.44 bits per heavy atom. The van der Waals surface area contributed by atoms with E-state index >= 15 is 0 Å². The van der Waals surface area contributed by atoms with Crippen molar-refractivity contribution in [3.05, 3.63) is 107 Å². The van der Waals surface area contributed by atoms with Crippen LogP contribution in [-0.4, -0.2) is 50.6 Å². The Kier molecular flexibility index (Phi) is 10.1. The van der Waals surface area contributed by atoms with E-state index < -0.39 is 23.6 Å². The molecule has 2 heterocycles. The summed E-state index contributed by atoms with van der Waals surface area (Å²) in [7, 11) is 0. The third-order valence-electron chi connectivity index (χ3n) is 9.19. The first-order chi connectivity index (χ1) is 24.3. The van der Waals surface area contributed by atoms with Crippen LogP contribution in [0.2, 0.25) is 0 Å². The van der Waals surface area contributed by atoms with Gasteiger partial charge in [-0.25, -0.2) is 18.4 Å². The van der Waals surface area contributed by atoms with E-state index in [1.165, 1.54) is 24.3 Å². The highest BCUT2D eigenvalue weighted by atomic mass is 19.1. The van der Waals surface area contributed by atoms with Gasteiger partial charge in [0.25, 0.3) is 0 Å². The Hall–Kier alpha value is -4.80. The summed E-state index contributed by atoms with van der Waals surface area (Å²) in [6.07, 6.45) is 6.37. The predicted molar refractivity (Wildman–Crippen MR) is 180 cm³/mol. The van der Waals surface area contributed by atoms with E-state index in [4.69, 9.17) is 28.4 Å². The van der Waals surface area contributed by atoms with Crippen LogP contribution in [0.4, 0.5) is 8.78 Å². The minimum Gasteiger partial charge on any atom is -0.493 e. The molecule has 2 fully saturated rings. The standard InChI is InChI=1S/C40H38F2O8/c1-24-35-18-27(49-39(43)33-14-8-25(20-37(33)41)45-16-4-2-6-29-22-47-29)10-12-31(35)32-13-11-28(19-36(24)32)50-40(44)34-15-9-26(21-38(34)42)46-17-5-3-7-30-23-48-30/h8-15,18-21,24,29-30H,2-7,16-17,22-23H2,1H3. The molecule has 3 aliphatic rings. The first kappa shape index (κ1) is 33.7. The van der Waals surface area contributed by atoms with E-state index in [1.807, 2.05) is 19.1 Å². The number of unbranched alkanes of at least 4 members (excludes halogenated alkanes) is 2. The number of hydrogen-bond donors (Lipinski definition) is 0. The SMILES string of the molecule is CC1c2cc(OC(=O)c3ccc(OCCCCC4CO4)cc3F)ccc2-c2ccc(OC(=O)c3ccc(OCCCCC4CO4)cc3F)cc21. The zero-order chi connectivity index (χ0) is 34.6. The first-order valence-electron chi connectivity index (χ1n) is 17.1. The number of halogens is 2. The van der Waals surface area contributed by atoms with Crippen molar-refractivity contribution < 1.29 is 46.8 Å². The number of esters is 2. The highest BCUT2D eigenvalue weighted by molar-refractivity contribution is 5.93. The minimum atomic E-state index is -0.818. The molecule has 2 atom stereocenters. The van der Waals surface area contributed by atoms with Crippen LogP contribution in [0.25, 0.3) is 11.1 Å². The molecule has 0 bridgehead atoms. The molecule has 0 radical (unpaired) electrons. The molecule has 0 N–H and O–H groups in total. The van der Waals surface area contributed by atoms with Crippen molar-refractivity contribution in [1.29, 1.82) is 0 Å². The van der Waals surface area contributed by atoms with Crippen LogP contribution in [0.15, 0.2) is 72.8 Å². The van der Waals surface area contributed by atoms with E-state index in [-0.39, 0.29) is 28.5 Å². The lowest BCUT2D eigenvalue weighted by atomic mass is 9.99. The molecule has 0 spiro atoms. The number of rotatable bonds is 16. The molecule has 4 aromatic rings. The molecule has 0 saturated carbocycles. The summed E-state index contributed by atoms with van der Waals surface area (Å²) in [5.74, 6) is -1.97. The molecule has 0 aromatic heterocycles. The summed E-state index contributed by atoms with van der Waals surface area (Å²) in [5, 5.41) is 0. The molecular weight excluding hydrogens is 646 g/mol. The fraction of sp³-hybridized carbons (Fsp3) is 0.350. The molecule has 2 unspecified atom stereocenters. The lowest BCUT2D eigenvalue weighted by Crippen LogP contribution is -2.11. The van der Waals surface area contributed by atoms with Crippen LogP contribution >= 0.6 is 0 Å². The van der Waals surface area contributed by atoms with Crippen molar-refractivity contribution in [2.24, 2.45) is 0 Å². The van der Waals surface area contributed by atoms with E-state index in [9.17, 15) is 18.4 Å². The molecule has 260 valence electrons. The van der Waals surface area contributed by atoms with Gasteiger partial charge >= 0.3 is 11.9 Å². The van der Waals surface area contributed by atoms with Crippen LogP contribution in [0, 0.1) is 11.6 Å². The van der Waals surface area contributed by atoms with Crippen LogP contribution in [-0.2, 0) is 9.47 Å². The second kappa shape index (κ2) is 15.0. The fourth-order valence-electron chi connectivity index (χ4n) is 6.21. The Bertz CT molecular complexity index is 1750. The van der Waals surface area contributed by atoms with Crippen LogP contribution in [0.3, 0.4) is 0 Å². The average Bonchev–Trinajstić information content (AvgIpc) is 4.05. The largest absolute Gasteiger partial charge is 0.493 e. The van der Waals surface area contributed by atoms with Gasteiger partial charge < -0.3 is 28.4 Å². The molecule has 50 heavy (non-hydrogen) atoms. The second-order valence-electron chi connectivity index (χ2n) is 12.9. The van der Waals surface area contributed by atoms with Gasteiger partial charge in [-0.2, -0.15) is 0 Å². The fourth-order valence-corrected chi connectivity index (χ4v) is 6.21. The van der Waals surface area contributed by atoms with E-state index in [0.29, 0.717) is 36.9 Å². The molecule has 0 amide bonds. The lowest BCUT2D eigenvalue weighted by Gasteiger charge is -2.11. The number of hydrogen-bond acceptors (Lipinski definition) is 8. The number of ether oxygens (including phenoxy) is 6. The molecule has 10 heteroatoms. The Morgan fingerprint density at radius 1 is 0.620 bits per heavy atom. The van der Waals surface area contributed by atoms with Crippen LogP contribution in [0.5, 0.6) is 23.0 Å². The number of carbonyl (C=O) groups excluding carboxylic acids is 2. The van der Waals surface area contributed by atoms with Gasteiger partial charge in [0.1, 0.15) is 34.6 Å². The minimum absolute atomic E-state index is 0.132. The molecule has 2 aliphatic heterocycles. The maximum atomic E-state index is 14.9. The summed E-state index contributed by atoms with van der Waals surface area (Å²) in [6.45, 7) is 4.55. The number of carbonyl (C=O) groups is 2. The molecule has 8 nitrogen and oxygen atoms in total. The maximum Gasteiger partial charge on any atom is 0.346 e.